The lowest BCUT2D eigenvalue weighted by Gasteiger charge is -2.17. The third-order valence-corrected chi connectivity index (χ3v) is 3.45. The summed E-state index contributed by atoms with van der Waals surface area (Å²) in [7, 11) is 0. The fraction of sp³-hybridized carbons (Fsp3) is 0.118. The number of fused-ring (bicyclic) bond motifs is 1. The molecule has 0 radical (unpaired) electrons. The van der Waals surface area contributed by atoms with Crippen LogP contribution in [0.2, 0.25) is 0 Å². The predicted molar refractivity (Wildman–Crippen MR) is 84.7 cm³/mol. The molecule has 1 aromatic carbocycles. The van der Waals surface area contributed by atoms with Crippen LogP contribution in [-0.2, 0) is 11.2 Å². The van der Waals surface area contributed by atoms with Crippen LogP contribution in [0.4, 0.5) is 5.69 Å². The Bertz CT molecular complexity index is 785. The largest absolute Gasteiger partial charge is 0.480 e. The zero-order valence-electron chi connectivity index (χ0n) is 11.8. The van der Waals surface area contributed by atoms with Crippen molar-refractivity contribution in [1.29, 1.82) is 0 Å². The summed E-state index contributed by atoms with van der Waals surface area (Å²) in [5.41, 5.74) is 2.48. The van der Waals surface area contributed by atoms with Gasteiger partial charge in [-0.15, -0.1) is 0 Å². The number of pyridine rings is 2. The molecular formula is C17H15N3O2. The molecule has 0 amide bonds. The van der Waals surface area contributed by atoms with Crippen molar-refractivity contribution < 1.29 is 9.90 Å². The van der Waals surface area contributed by atoms with E-state index in [-0.39, 0.29) is 0 Å². The summed E-state index contributed by atoms with van der Waals surface area (Å²) in [5, 5.41) is 13.4. The highest BCUT2D eigenvalue weighted by molar-refractivity contribution is 5.92. The van der Waals surface area contributed by atoms with Crippen molar-refractivity contribution in [3.8, 4) is 0 Å². The first-order valence-electron chi connectivity index (χ1n) is 6.96. The van der Waals surface area contributed by atoms with Crippen LogP contribution < -0.4 is 5.32 Å². The molecule has 0 saturated carbocycles. The average Bonchev–Trinajstić information content (AvgIpc) is 2.55. The van der Waals surface area contributed by atoms with Crippen LogP contribution in [0.15, 0.2) is 61.1 Å². The van der Waals surface area contributed by atoms with Crippen LogP contribution in [0.25, 0.3) is 10.9 Å². The summed E-state index contributed by atoms with van der Waals surface area (Å²) in [4.78, 5) is 19.9. The molecule has 3 aromatic rings. The lowest BCUT2D eigenvalue weighted by molar-refractivity contribution is -0.137. The first kappa shape index (κ1) is 14.0. The summed E-state index contributed by atoms with van der Waals surface area (Å²) in [5.74, 6) is -0.891. The van der Waals surface area contributed by atoms with E-state index in [2.05, 4.69) is 15.3 Å². The summed E-state index contributed by atoms with van der Waals surface area (Å²) in [6, 6.07) is 12.4. The number of carboxylic acids is 1. The Labute approximate surface area is 127 Å². The summed E-state index contributed by atoms with van der Waals surface area (Å²) < 4.78 is 0. The highest BCUT2D eigenvalue weighted by atomic mass is 16.4. The maximum atomic E-state index is 11.6. The second-order valence-corrected chi connectivity index (χ2v) is 4.98. The Morgan fingerprint density at radius 1 is 1.14 bits per heavy atom. The molecule has 0 fully saturated rings. The van der Waals surface area contributed by atoms with Gasteiger partial charge in [-0.25, -0.2) is 4.79 Å². The van der Waals surface area contributed by atoms with E-state index in [1.54, 1.807) is 30.7 Å². The maximum Gasteiger partial charge on any atom is 0.326 e. The van der Waals surface area contributed by atoms with E-state index in [0.717, 1.165) is 22.2 Å². The van der Waals surface area contributed by atoms with Gasteiger partial charge in [-0.2, -0.15) is 0 Å². The first-order chi connectivity index (χ1) is 10.7. The lowest BCUT2D eigenvalue weighted by Crippen LogP contribution is -2.31. The highest BCUT2D eigenvalue weighted by Crippen LogP contribution is 2.21. The molecule has 5 nitrogen and oxygen atoms in total. The van der Waals surface area contributed by atoms with E-state index >= 15 is 0 Å². The number of hydrogen-bond donors (Lipinski definition) is 2. The summed E-state index contributed by atoms with van der Waals surface area (Å²) in [6.07, 6.45) is 5.41. The molecule has 0 saturated heterocycles. The minimum Gasteiger partial charge on any atom is -0.480 e. The zero-order valence-corrected chi connectivity index (χ0v) is 11.8. The van der Waals surface area contributed by atoms with Gasteiger partial charge >= 0.3 is 5.97 Å². The molecule has 2 N–H and O–H groups in total. The molecule has 5 heteroatoms. The van der Waals surface area contributed by atoms with Crippen molar-refractivity contribution in [3.05, 3.63) is 66.6 Å². The minimum atomic E-state index is -0.891. The van der Waals surface area contributed by atoms with E-state index in [9.17, 15) is 9.90 Å². The molecule has 110 valence electrons. The Morgan fingerprint density at radius 2 is 1.95 bits per heavy atom. The van der Waals surface area contributed by atoms with E-state index in [4.69, 9.17) is 0 Å². The predicted octanol–water partition coefficient (Wildman–Crippen LogP) is 2.74. The van der Waals surface area contributed by atoms with E-state index in [0.29, 0.717) is 6.42 Å². The Hall–Kier alpha value is -2.95. The van der Waals surface area contributed by atoms with E-state index in [1.807, 2.05) is 30.3 Å². The number of benzene rings is 1. The fourth-order valence-electron chi connectivity index (χ4n) is 2.35. The quantitative estimate of drug-likeness (QED) is 0.756. The Balaban J connectivity index is 1.88. The second-order valence-electron chi connectivity index (χ2n) is 4.98. The fourth-order valence-corrected chi connectivity index (χ4v) is 2.35. The molecule has 0 unspecified atom stereocenters. The van der Waals surface area contributed by atoms with Gasteiger partial charge in [0.15, 0.2) is 0 Å². The summed E-state index contributed by atoms with van der Waals surface area (Å²) >= 11 is 0. The molecule has 0 spiro atoms. The van der Waals surface area contributed by atoms with Gasteiger partial charge in [-0.3, -0.25) is 9.97 Å². The van der Waals surface area contributed by atoms with Crippen molar-refractivity contribution in [2.45, 2.75) is 12.5 Å². The SMILES string of the molecule is O=C(O)[C@H](Cc1ccccc1)Nc1ccnc2ccncc12. The number of hydrogen-bond acceptors (Lipinski definition) is 4. The number of carboxylic acid groups (broad SMARTS) is 1. The van der Waals surface area contributed by atoms with Crippen LogP contribution in [0, 0.1) is 0 Å². The van der Waals surface area contributed by atoms with Crippen molar-refractivity contribution in [2.75, 3.05) is 5.32 Å². The van der Waals surface area contributed by atoms with Crippen LogP contribution in [0.3, 0.4) is 0 Å². The van der Waals surface area contributed by atoms with Crippen LogP contribution in [0.5, 0.6) is 0 Å². The van der Waals surface area contributed by atoms with Gasteiger partial charge in [0.05, 0.1) is 5.52 Å². The average molecular weight is 293 g/mol. The number of anilines is 1. The smallest absolute Gasteiger partial charge is 0.326 e. The lowest BCUT2D eigenvalue weighted by atomic mass is 10.1. The molecule has 0 aliphatic rings. The van der Waals surface area contributed by atoms with Gasteiger partial charge in [0, 0.05) is 36.1 Å². The van der Waals surface area contributed by atoms with Crippen molar-refractivity contribution in [2.24, 2.45) is 0 Å². The van der Waals surface area contributed by atoms with E-state index in [1.165, 1.54) is 0 Å². The third kappa shape index (κ3) is 3.03. The molecule has 22 heavy (non-hydrogen) atoms. The Kier molecular flexibility index (Phi) is 3.96. The van der Waals surface area contributed by atoms with Gasteiger partial charge in [-0.1, -0.05) is 30.3 Å². The van der Waals surface area contributed by atoms with Crippen LogP contribution in [-0.4, -0.2) is 27.1 Å². The molecule has 1 atom stereocenters. The normalized spacial score (nSPS) is 12.0. The highest BCUT2D eigenvalue weighted by Gasteiger charge is 2.18. The monoisotopic (exact) mass is 293 g/mol. The minimum absolute atomic E-state index is 0.403. The van der Waals surface area contributed by atoms with Gasteiger partial charge in [-0.05, 0) is 17.7 Å². The number of rotatable bonds is 5. The second kappa shape index (κ2) is 6.22. The number of nitrogens with zero attached hydrogens (tertiary/aromatic N) is 2. The van der Waals surface area contributed by atoms with Gasteiger partial charge in [0.25, 0.3) is 0 Å². The van der Waals surface area contributed by atoms with Crippen molar-refractivity contribution in [1.82, 2.24) is 9.97 Å². The van der Waals surface area contributed by atoms with Crippen molar-refractivity contribution in [3.63, 3.8) is 0 Å². The molecule has 0 aliphatic carbocycles. The molecular weight excluding hydrogens is 278 g/mol. The number of aliphatic carboxylic acids is 1. The summed E-state index contributed by atoms with van der Waals surface area (Å²) in [6.45, 7) is 0. The number of carbonyl (C=O) groups is 1. The van der Waals surface area contributed by atoms with Gasteiger partial charge in [0.1, 0.15) is 6.04 Å². The zero-order chi connectivity index (χ0) is 15.4. The van der Waals surface area contributed by atoms with Crippen molar-refractivity contribution >= 4 is 22.6 Å². The van der Waals surface area contributed by atoms with Crippen LogP contribution >= 0.6 is 0 Å². The van der Waals surface area contributed by atoms with Gasteiger partial charge in [0.2, 0.25) is 0 Å². The topological polar surface area (TPSA) is 75.1 Å². The van der Waals surface area contributed by atoms with Gasteiger partial charge < -0.3 is 10.4 Å². The molecule has 2 aromatic heterocycles. The molecule has 3 rings (SSSR count). The van der Waals surface area contributed by atoms with Crippen LogP contribution in [0.1, 0.15) is 5.56 Å². The third-order valence-electron chi connectivity index (χ3n) is 3.45. The molecule has 0 bridgehead atoms. The molecule has 0 aliphatic heterocycles. The first-order valence-corrected chi connectivity index (χ1v) is 6.96. The molecule has 2 heterocycles. The number of aromatic nitrogens is 2. The number of nitrogens with one attached hydrogen (secondary N) is 1. The standard InChI is InChI=1S/C17H15N3O2/c21-17(22)16(10-12-4-2-1-3-5-12)20-15-7-9-19-14-6-8-18-11-13(14)15/h1-9,11,16H,10H2,(H,19,20)(H,21,22)/t16-/m0/s1. The maximum absolute atomic E-state index is 11.6. The van der Waals surface area contributed by atoms with E-state index < -0.39 is 12.0 Å². The Morgan fingerprint density at radius 3 is 2.73 bits per heavy atom.